The highest BCUT2D eigenvalue weighted by atomic mass is 32.2. The van der Waals surface area contributed by atoms with Crippen LogP contribution in [0.15, 0.2) is 18.2 Å². The second-order valence-corrected chi connectivity index (χ2v) is 6.78. The molecule has 0 bridgehead atoms. The Balaban J connectivity index is 1.65. The van der Waals surface area contributed by atoms with Gasteiger partial charge in [-0.05, 0) is 25.5 Å². The molecule has 1 aliphatic heterocycles. The third-order valence-electron chi connectivity index (χ3n) is 3.62. The zero-order valence-corrected chi connectivity index (χ0v) is 15.5. The standard InChI is InChI=1S/C17H21N3O5S/c1-11-3-4-13(12(2)7-11)19-14(21)9-26-10-16(23)25-8-15(22)20-6-5-18-17(20)24/h3-4,7H,5-6,8-10H2,1-2H3,(H,18,24)(H,19,21). The number of hydrogen-bond donors (Lipinski definition) is 2. The van der Waals surface area contributed by atoms with E-state index >= 15 is 0 Å². The van der Waals surface area contributed by atoms with Crippen LogP contribution in [0.3, 0.4) is 0 Å². The summed E-state index contributed by atoms with van der Waals surface area (Å²) in [6.07, 6.45) is 0. The van der Waals surface area contributed by atoms with E-state index in [1.54, 1.807) is 0 Å². The normalized spacial score (nSPS) is 13.3. The molecule has 0 aliphatic carbocycles. The highest BCUT2D eigenvalue weighted by Gasteiger charge is 2.26. The summed E-state index contributed by atoms with van der Waals surface area (Å²) in [7, 11) is 0. The quantitative estimate of drug-likeness (QED) is 0.687. The van der Waals surface area contributed by atoms with Crippen molar-refractivity contribution in [3.05, 3.63) is 29.3 Å². The smallest absolute Gasteiger partial charge is 0.324 e. The summed E-state index contributed by atoms with van der Waals surface area (Å²) in [5, 5.41) is 5.28. The molecule has 0 saturated carbocycles. The van der Waals surface area contributed by atoms with E-state index in [0.29, 0.717) is 6.54 Å². The van der Waals surface area contributed by atoms with E-state index in [1.807, 2.05) is 32.0 Å². The molecular weight excluding hydrogens is 358 g/mol. The van der Waals surface area contributed by atoms with Crippen molar-refractivity contribution in [2.24, 2.45) is 0 Å². The highest BCUT2D eigenvalue weighted by molar-refractivity contribution is 8.00. The number of thioether (sulfide) groups is 1. The van der Waals surface area contributed by atoms with Crippen molar-refractivity contribution in [3.8, 4) is 0 Å². The number of imide groups is 1. The van der Waals surface area contributed by atoms with Crippen LogP contribution in [0, 0.1) is 13.8 Å². The molecule has 2 N–H and O–H groups in total. The van der Waals surface area contributed by atoms with Crippen LogP contribution in [0.2, 0.25) is 0 Å². The lowest BCUT2D eigenvalue weighted by Crippen LogP contribution is -2.37. The third kappa shape index (κ3) is 5.76. The molecule has 0 aromatic heterocycles. The summed E-state index contributed by atoms with van der Waals surface area (Å²) in [5.41, 5.74) is 2.81. The van der Waals surface area contributed by atoms with E-state index in [9.17, 15) is 19.2 Å². The molecule has 0 radical (unpaired) electrons. The number of aryl methyl sites for hydroxylation is 2. The lowest BCUT2D eigenvalue weighted by Gasteiger charge is -2.12. The Morgan fingerprint density at radius 2 is 2.04 bits per heavy atom. The molecule has 0 unspecified atom stereocenters. The molecule has 8 nitrogen and oxygen atoms in total. The van der Waals surface area contributed by atoms with Crippen molar-refractivity contribution in [2.75, 3.05) is 36.5 Å². The van der Waals surface area contributed by atoms with Crippen molar-refractivity contribution >= 4 is 41.3 Å². The first-order valence-corrected chi connectivity index (χ1v) is 9.21. The van der Waals surface area contributed by atoms with E-state index in [0.717, 1.165) is 33.5 Å². The number of ether oxygens (including phenoxy) is 1. The number of amides is 4. The summed E-state index contributed by atoms with van der Waals surface area (Å²) < 4.78 is 4.83. The molecule has 0 spiro atoms. The first-order chi connectivity index (χ1) is 12.4. The second-order valence-electron chi connectivity index (χ2n) is 5.80. The first-order valence-electron chi connectivity index (χ1n) is 8.05. The van der Waals surface area contributed by atoms with Crippen molar-refractivity contribution in [1.82, 2.24) is 10.2 Å². The summed E-state index contributed by atoms with van der Waals surface area (Å²) in [6, 6.07) is 5.23. The maximum atomic E-state index is 11.9. The maximum absolute atomic E-state index is 11.9. The Morgan fingerprint density at radius 3 is 2.69 bits per heavy atom. The summed E-state index contributed by atoms with van der Waals surface area (Å²) in [4.78, 5) is 47.6. The molecule has 4 amide bonds. The lowest BCUT2D eigenvalue weighted by atomic mass is 10.1. The molecule has 26 heavy (non-hydrogen) atoms. The Labute approximate surface area is 155 Å². The van der Waals surface area contributed by atoms with Gasteiger partial charge >= 0.3 is 12.0 Å². The lowest BCUT2D eigenvalue weighted by molar-refractivity contribution is -0.148. The fraction of sp³-hybridized carbons (Fsp3) is 0.412. The van der Waals surface area contributed by atoms with Gasteiger partial charge in [-0.15, -0.1) is 11.8 Å². The maximum Gasteiger partial charge on any atom is 0.324 e. The van der Waals surface area contributed by atoms with Gasteiger partial charge in [0.05, 0.1) is 11.5 Å². The van der Waals surface area contributed by atoms with E-state index in [4.69, 9.17) is 4.74 Å². The Morgan fingerprint density at radius 1 is 1.27 bits per heavy atom. The summed E-state index contributed by atoms with van der Waals surface area (Å²) >= 11 is 1.09. The SMILES string of the molecule is Cc1ccc(NC(=O)CSCC(=O)OCC(=O)N2CCNC2=O)c(C)c1. The molecule has 9 heteroatoms. The number of hydrogen-bond acceptors (Lipinski definition) is 6. The van der Waals surface area contributed by atoms with Gasteiger partial charge in [-0.1, -0.05) is 17.7 Å². The Kier molecular flexibility index (Phi) is 7.02. The molecule has 1 saturated heterocycles. The number of nitrogens with zero attached hydrogens (tertiary/aromatic N) is 1. The van der Waals surface area contributed by atoms with Gasteiger partial charge in [0.15, 0.2) is 6.61 Å². The number of carbonyl (C=O) groups is 4. The van der Waals surface area contributed by atoms with Crippen LogP contribution in [0.25, 0.3) is 0 Å². The highest BCUT2D eigenvalue weighted by Crippen LogP contribution is 2.16. The fourth-order valence-electron chi connectivity index (χ4n) is 2.34. The number of esters is 1. The largest absolute Gasteiger partial charge is 0.455 e. The molecule has 1 heterocycles. The molecule has 1 fully saturated rings. The van der Waals surface area contributed by atoms with Gasteiger partial charge < -0.3 is 15.4 Å². The minimum absolute atomic E-state index is 0.0558. The van der Waals surface area contributed by atoms with Gasteiger partial charge in [-0.3, -0.25) is 19.3 Å². The minimum atomic E-state index is -0.609. The van der Waals surface area contributed by atoms with Gasteiger partial charge in [-0.25, -0.2) is 4.79 Å². The van der Waals surface area contributed by atoms with Gasteiger partial charge in [0, 0.05) is 18.8 Å². The number of benzene rings is 1. The van der Waals surface area contributed by atoms with E-state index in [2.05, 4.69) is 10.6 Å². The Bertz CT molecular complexity index is 722. The van der Waals surface area contributed by atoms with Crippen molar-refractivity contribution in [2.45, 2.75) is 13.8 Å². The van der Waals surface area contributed by atoms with Crippen molar-refractivity contribution < 1.29 is 23.9 Å². The Hall–Kier alpha value is -2.55. The van der Waals surface area contributed by atoms with E-state index < -0.39 is 24.5 Å². The van der Waals surface area contributed by atoms with Crippen LogP contribution in [0.4, 0.5) is 10.5 Å². The monoisotopic (exact) mass is 379 g/mol. The minimum Gasteiger partial charge on any atom is -0.455 e. The molecule has 1 aromatic rings. The zero-order valence-electron chi connectivity index (χ0n) is 14.7. The molecule has 1 aromatic carbocycles. The van der Waals surface area contributed by atoms with E-state index in [-0.39, 0.29) is 24.0 Å². The summed E-state index contributed by atoms with van der Waals surface area (Å²) in [6.45, 7) is 4.06. The average Bonchev–Trinajstić information content (AvgIpc) is 3.01. The number of rotatable bonds is 7. The third-order valence-corrected chi connectivity index (χ3v) is 4.53. The number of urea groups is 1. The average molecular weight is 379 g/mol. The molecular formula is C17H21N3O5S. The number of anilines is 1. The van der Waals surface area contributed by atoms with Crippen LogP contribution < -0.4 is 10.6 Å². The summed E-state index contributed by atoms with van der Waals surface area (Å²) in [5.74, 6) is -1.36. The molecule has 0 atom stereocenters. The number of nitrogens with one attached hydrogen (secondary N) is 2. The predicted octanol–water partition coefficient (Wildman–Crippen LogP) is 1.07. The van der Waals surface area contributed by atoms with Crippen molar-refractivity contribution in [1.29, 1.82) is 0 Å². The zero-order chi connectivity index (χ0) is 19.1. The molecule has 2 rings (SSSR count). The molecule has 140 valence electrons. The topological polar surface area (TPSA) is 105 Å². The first kappa shape index (κ1) is 19.8. The molecule has 1 aliphatic rings. The van der Waals surface area contributed by atoms with Crippen LogP contribution >= 0.6 is 11.8 Å². The predicted molar refractivity (Wildman–Crippen MR) is 97.9 cm³/mol. The van der Waals surface area contributed by atoms with E-state index in [1.165, 1.54) is 0 Å². The van der Waals surface area contributed by atoms with Gasteiger partial charge in [0.2, 0.25) is 5.91 Å². The van der Waals surface area contributed by atoms with Gasteiger partial charge in [-0.2, -0.15) is 0 Å². The van der Waals surface area contributed by atoms with Gasteiger partial charge in [0.25, 0.3) is 5.91 Å². The van der Waals surface area contributed by atoms with Crippen LogP contribution in [-0.2, 0) is 19.1 Å². The van der Waals surface area contributed by atoms with Crippen LogP contribution in [0.1, 0.15) is 11.1 Å². The number of carbonyl (C=O) groups excluding carboxylic acids is 4. The second kappa shape index (κ2) is 9.23. The fourth-order valence-corrected chi connectivity index (χ4v) is 2.95. The van der Waals surface area contributed by atoms with Crippen molar-refractivity contribution in [3.63, 3.8) is 0 Å². The van der Waals surface area contributed by atoms with Crippen LogP contribution in [-0.4, -0.2) is 59.9 Å². The van der Waals surface area contributed by atoms with Gasteiger partial charge in [0.1, 0.15) is 0 Å². The van der Waals surface area contributed by atoms with Crippen LogP contribution in [0.5, 0.6) is 0 Å².